The minimum Gasteiger partial charge on any atom is -0.381 e. The number of rotatable bonds is 3. The van der Waals surface area contributed by atoms with Crippen molar-refractivity contribution in [3.05, 3.63) is 27.7 Å². The number of nitrogens with one attached hydrogen (secondary N) is 1. The maximum absolute atomic E-state index is 11.7. The summed E-state index contributed by atoms with van der Waals surface area (Å²) in [5.41, 5.74) is 0.865. The summed E-state index contributed by atoms with van der Waals surface area (Å²) in [7, 11) is -2.99. The molecule has 0 radical (unpaired) electrons. The molecule has 0 amide bonds. The van der Waals surface area contributed by atoms with Gasteiger partial charge in [-0.1, -0.05) is 11.6 Å². The van der Waals surface area contributed by atoms with Gasteiger partial charge in [0.15, 0.2) is 9.84 Å². The summed E-state index contributed by atoms with van der Waals surface area (Å²) < 4.78 is 24.2. The maximum Gasteiger partial charge on any atom is 0.152 e. The third kappa shape index (κ3) is 3.19. The van der Waals surface area contributed by atoms with Crippen LogP contribution in [-0.4, -0.2) is 26.0 Å². The molecule has 0 bridgehead atoms. The van der Waals surface area contributed by atoms with Crippen molar-refractivity contribution in [1.82, 2.24) is 0 Å². The van der Waals surface area contributed by atoms with Gasteiger partial charge in [-0.25, -0.2) is 8.42 Å². The zero-order valence-corrected chi connectivity index (χ0v) is 13.1. The number of halogens is 2. The molecule has 0 aromatic heterocycles. The van der Waals surface area contributed by atoms with Crippen LogP contribution >= 0.6 is 27.5 Å². The van der Waals surface area contributed by atoms with E-state index in [-0.39, 0.29) is 11.3 Å². The van der Waals surface area contributed by atoms with E-state index in [1.54, 1.807) is 0 Å². The van der Waals surface area contributed by atoms with Gasteiger partial charge in [-0.05, 0) is 53.4 Å². The quantitative estimate of drug-likeness (QED) is 0.906. The Hall–Kier alpha value is -0.260. The number of hydrogen-bond acceptors (Lipinski definition) is 3. The van der Waals surface area contributed by atoms with Crippen molar-refractivity contribution >= 4 is 43.1 Å². The molecule has 18 heavy (non-hydrogen) atoms. The van der Waals surface area contributed by atoms with E-state index in [0.717, 1.165) is 29.4 Å². The highest BCUT2D eigenvalue weighted by atomic mass is 79.9. The Labute approximate surface area is 121 Å². The normalized spacial score (nSPS) is 24.2. The molecule has 1 aliphatic carbocycles. The van der Waals surface area contributed by atoms with Gasteiger partial charge < -0.3 is 5.32 Å². The third-order valence-corrected chi connectivity index (χ3v) is 6.17. The lowest BCUT2D eigenvalue weighted by molar-refractivity contribution is 0.579. The SMILES string of the molecule is CS(=O)(=O)C1CCCC1Nc1ccc(Br)c(Cl)c1. The van der Waals surface area contributed by atoms with E-state index in [2.05, 4.69) is 21.2 Å². The molecular weight excluding hydrogens is 338 g/mol. The van der Waals surface area contributed by atoms with Gasteiger partial charge in [0.2, 0.25) is 0 Å². The first-order valence-corrected chi connectivity index (χ1v) is 8.91. The summed E-state index contributed by atoms with van der Waals surface area (Å²) in [6.07, 6.45) is 3.87. The van der Waals surface area contributed by atoms with Gasteiger partial charge in [0.05, 0.1) is 10.3 Å². The van der Waals surface area contributed by atoms with Gasteiger partial charge in [0, 0.05) is 22.5 Å². The second-order valence-electron chi connectivity index (χ2n) is 4.68. The summed E-state index contributed by atoms with van der Waals surface area (Å²) >= 11 is 9.35. The van der Waals surface area contributed by atoms with E-state index < -0.39 is 9.84 Å². The standard InChI is InChI=1S/C12H15BrClNO2S/c1-18(16,17)12-4-2-3-11(12)15-8-5-6-9(13)10(14)7-8/h5-7,11-12,15H,2-4H2,1H3. The lowest BCUT2D eigenvalue weighted by Gasteiger charge is -2.20. The number of anilines is 1. The maximum atomic E-state index is 11.7. The van der Waals surface area contributed by atoms with Crippen LogP contribution in [0.4, 0.5) is 5.69 Å². The highest BCUT2D eigenvalue weighted by Gasteiger charge is 2.34. The Bertz CT molecular complexity index is 547. The molecule has 0 aliphatic heterocycles. The van der Waals surface area contributed by atoms with Crippen LogP contribution in [0.2, 0.25) is 5.02 Å². The topological polar surface area (TPSA) is 46.2 Å². The van der Waals surface area contributed by atoms with E-state index in [4.69, 9.17) is 11.6 Å². The van der Waals surface area contributed by atoms with Crippen LogP contribution in [0, 0.1) is 0 Å². The monoisotopic (exact) mass is 351 g/mol. The summed E-state index contributed by atoms with van der Waals surface area (Å²) in [6, 6.07) is 5.55. The molecule has 1 aliphatic rings. The Morgan fingerprint density at radius 3 is 2.72 bits per heavy atom. The molecule has 100 valence electrons. The third-order valence-electron chi connectivity index (χ3n) is 3.27. The van der Waals surface area contributed by atoms with Crippen molar-refractivity contribution in [2.75, 3.05) is 11.6 Å². The van der Waals surface area contributed by atoms with Crippen LogP contribution in [0.15, 0.2) is 22.7 Å². The fraction of sp³-hybridized carbons (Fsp3) is 0.500. The molecule has 3 nitrogen and oxygen atoms in total. The van der Waals surface area contributed by atoms with Crippen molar-refractivity contribution in [2.24, 2.45) is 0 Å². The van der Waals surface area contributed by atoms with Crippen LogP contribution in [0.1, 0.15) is 19.3 Å². The predicted molar refractivity (Wildman–Crippen MR) is 79.0 cm³/mol. The number of benzene rings is 1. The van der Waals surface area contributed by atoms with Crippen LogP contribution in [0.25, 0.3) is 0 Å². The molecule has 1 aromatic rings. The molecule has 0 saturated heterocycles. The van der Waals surface area contributed by atoms with Crippen molar-refractivity contribution in [3.8, 4) is 0 Å². The Kier molecular flexibility index (Phi) is 4.24. The fourth-order valence-corrected chi connectivity index (χ4v) is 4.23. The first kappa shape index (κ1) is 14.2. The molecule has 1 fully saturated rings. The predicted octanol–water partition coefficient (Wildman–Crippen LogP) is 3.48. The van der Waals surface area contributed by atoms with Crippen LogP contribution in [0.3, 0.4) is 0 Å². The van der Waals surface area contributed by atoms with E-state index in [0.29, 0.717) is 5.02 Å². The number of sulfone groups is 1. The molecule has 2 rings (SSSR count). The molecule has 1 saturated carbocycles. The van der Waals surface area contributed by atoms with Gasteiger partial charge in [0.1, 0.15) is 0 Å². The van der Waals surface area contributed by atoms with Crippen molar-refractivity contribution in [3.63, 3.8) is 0 Å². The molecule has 1 N–H and O–H groups in total. The molecule has 6 heteroatoms. The highest BCUT2D eigenvalue weighted by Crippen LogP contribution is 2.30. The Morgan fingerprint density at radius 1 is 1.39 bits per heavy atom. The van der Waals surface area contributed by atoms with Gasteiger partial charge >= 0.3 is 0 Å². The largest absolute Gasteiger partial charge is 0.381 e. The molecule has 2 atom stereocenters. The molecule has 2 unspecified atom stereocenters. The average molecular weight is 353 g/mol. The van der Waals surface area contributed by atoms with Crippen molar-refractivity contribution < 1.29 is 8.42 Å². The smallest absolute Gasteiger partial charge is 0.152 e. The van der Waals surface area contributed by atoms with Crippen LogP contribution in [-0.2, 0) is 9.84 Å². The minimum atomic E-state index is -2.99. The van der Waals surface area contributed by atoms with Gasteiger partial charge in [0.25, 0.3) is 0 Å². The highest BCUT2D eigenvalue weighted by molar-refractivity contribution is 9.10. The first-order chi connectivity index (χ1) is 8.38. The second-order valence-corrected chi connectivity index (χ2v) is 8.20. The van der Waals surface area contributed by atoms with E-state index >= 15 is 0 Å². The minimum absolute atomic E-state index is 0.0164. The zero-order valence-electron chi connectivity index (χ0n) is 9.99. The first-order valence-electron chi connectivity index (χ1n) is 5.78. The van der Waals surface area contributed by atoms with Gasteiger partial charge in [-0.3, -0.25) is 0 Å². The van der Waals surface area contributed by atoms with Crippen molar-refractivity contribution in [1.29, 1.82) is 0 Å². The average Bonchev–Trinajstić information content (AvgIpc) is 2.71. The van der Waals surface area contributed by atoms with Crippen molar-refractivity contribution in [2.45, 2.75) is 30.6 Å². The number of hydrogen-bond donors (Lipinski definition) is 1. The zero-order chi connectivity index (χ0) is 13.3. The van der Waals surface area contributed by atoms with E-state index in [1.807, 2.05) is 18.2 Å². The van der Waals surface area contributed by atoms with E-state index in [1.165, 1.54) is 6.26 Å². The fourth-order valence-electron chi connectivity index (χ4n) is 2.40. The molecular formula is C12H15BrClNO2S. The molecule has 0 heterocycles. The Balaban J connectivity index is 2.16. The lowest BCUT2D eigenvalue weighted by Crippen LogP contribution is -2.34. The van der Waals surface area contributed by atoms with Crippen LogP contribution in [0.5, 0.6) is 0 Å². The van der Waals surface area contributed by atoms with Gasteiger partial charge in [-0.2, -0.15) is 0 Å². The summed E-state index contributed by atoms with van der Waals surface area (Å²) in [6.45, 7) is 0. The summed E-state index contributed by atoms with van der Waals surface area (Å²) in [5.74, 6) is 0. The summed E-state index contributed by atoms with van der Waals surface area (Å²) in [5, 5.41) is 3.61. The Morgan fingerprint density at radius 2 is 2.11 bits per heavy atom. The second kappa shape index (κ2) is 5.39. The lowest BCUT2D eigenvalue weighted by atomic mass is 10.2. The van der Waals surface area contributed by atoms with Gasteiger partial charge in [-0.15, -0.1) is 0 Å². The van der Waals surface area contributed by atoms with E-state index in [9.17, 15) is 8.42 Å². The molecule has 0 spiro atoms. The summed E-state index contributed by atoms with van der Waals surface area (Å²) in [4.78, 5) is 0. The molecule has 1 aromatic carbocycles. The van der Waals surface area contributed by atoms with Crippen LogP contribution < -0.4 is 5.32 Å².